The predicted octanol–water partition coefficient (Wildman–Crippen LogP) is 2.47. The summed E-state index contributed by atoms with van der Waals surface area (Å²) in [5, 5.41) is 2.97. The molecule has 0 saturated heterocycles. The van der Waals surface area contributed by atoms with Gasteiger partial charge in [-0.25, -0.2) is 0 Å². The van der Waals surface area contributed by atoms with Crippen LogP contribution in [0.25, 0.3) is 0 Å². The van der Waals surface area contributed by atoms with E-state index >= 15 is 0 Å². The molecule has 2 rings (SSSR count). The number of hydrogen-bond acceptors (Lipinski definition) is 6. The second kappa shape index (κ2) is 6.72. The highest BCUT2D eigenvalue weighted by Gasteiger charge is 2.21. The van der Waals surface area contributed by atoms with Gasteiger partial charge in [0, 0.05) is 20.1 Å². The van der Waals surface area contributed by atoms with E-state index in [9.17, 15) is 0 Å². The van der Waals surface area contributed by atoms with Crippen molar-refractivity contribution in [2.24, 2.45) is 0 Å². The van der Waals surface area contributed by atoms with Crippen molar-refractivity contribution in [1.29, 1.82) is 0 Å². The molecule has 1 fully saturated rings. The topological polar surface area (TPSA) is 63.2 Å². The van der Waals surface area contributed by atoms with Crippen LogP contribution in [0.5, 0.6) is 6.01 Å². The third-order valence-corrected chi connectivity index (χ3v) is 3.61. The lowest BCUT2D eigenvalue weighted by Crippen LogP contribution is -2.34. The van der Waals surface area contributed by atoms with Gasteiger partial charge in [-0.3, -0.25) is 0 Å². The summed E-state index contributed by atoms with van der Waals surface area (Å²) >= 11 is 0. The molecule has 1 saturated carbocycles. The summed E-state index contributed by atoms with van der Waals surface area (Å²) in [6, 6.07) is 0.903. The van der Waals surface area contributed by atoms with Crippen molar-refractivity contribution in [2.45, 2.75) is 58.1 Å². The molecule has 1 aliphatic carbocycles. The average Bonchev–Trinajstić information content (AvgIpc) is 2.46. The fourth-order valence-corrected chi connectivity index (χ4v) is 2.51. The molecule has 0 spiro atoms. The molecule has 0 radical (unpaired) electrons. The number of nitrogens with zero attached hydrogens (tertiary/aromatic N) is 4. The Morgan fingerprint density at radius 2 is 1.85 bits per heavy atom. The average molecular weight is 279 g/mol. The van der Waals surface area contributed by atoms with Crippen LogP contribution in [0.4, 0.5) is 11.9 Å². The number of aromatic nitrogens is 3. The molecular formula is C14H25N5O. The van der Waals surface area contributed by atoms with Crippen LogP contribution in [0.2, 0.25) is 0 Å². The number of nitrogens with one attached hydrogen (secondary N) is 1. The maximum absolute atomic E-state index is 5.61. The summed E-state index contributed by atoms with van der Waals surface area (Å²) in [5.74, 6) is 1.24. The SMILES string of the molecule is CNc1nc(OC(C)C)nc(N(C)C2CCCCC2)n1. The van der Waals surface area contributed by atoms with E-state index in [4.69, 9.17) is 4.74 Å². The first kappa shape index (κ1) is 14.8. The highest BCUT2D eigenvalue weighted by Crippen LogP contribution is 2.25. The summed E-state index contributed by atoms with van der Waals surface area (Å²) in [7, 11) is 3.86. The fourth-order valence-electron chi connectivity index (χ4n) is 2.51. The summed E-state index contributed by atoms with van der Waals surface area (Å²) in [4.78, 5) is 15.3. The maximum Gasteiger partial charge on any atom is 0.323 e. The Kier molecular flexibility index (Phi) is 4.98. The molecule has 1 aromatic rings. The lowest BCUT2D eigenvalue weighted by Gasteiger charge is -2.31. The van der Waals surface area contributed by atoms with Crippen LogP contribution in [0.15, 0.2) is 0 Å². The van der Waals surface area contributed by atoms with Gasteiger partial charge in [-0.05, 0) is 26.7 Å². The number of rotatable bonds is 5. The zero-order valence-corrected chi connectivity index (χ0v) is 12.9. The molecule has 0 bridgehead atoms. The van der Waals surface area contributed by atoms with Crippen molar-refractivity contribution in [3.05, 3.63) is 0 Å². The van der Waals surface area contributed by atoms with E-state index in [-0.39, 0.29) is 6.10 Å². The fraction of sp³-hybridized carbons (Fsp3) is 0.786. The van der Waals surface area contributed by atoms with Crippen LogP contribution in [0.3, 0.4) is 0 Å². The van der Waals surface area contributed by atoms with Crippen LogP contribution in [0.1, 0.15) is 46.0 Å². The molecule has 1 aromatic heterocycles. The van der Waals surface area contributed by atoms with E-state index in [0.29, 0.717) is 23.9 Å². The van der Waals surface area contributed by atoms with Crippen molar-refractivity contribution in [2.75, 3.05) is 24.3 Å². The van der Waals surface area contributed by atoms with E-state index in [1.807, 2.05) is 13.8 Å². The number of hydrogen-bond donors (Lipinski definition) is 1. The molecule has 0 aliphatic heterocycles. The zero-order valence-electron chi connectivity index (χ0n) is 12.9. The Hall–Kier alpha value is -1.59. The molecule has 20 heavy (non-hydrogen) atoms. The Morgan fingerprint density at radius 1 is 1.15 bits per heavy atom. The van der Waals surface area contributed by atoms with E-state index in [1.165, 1.54) is 32.1 Å². The van der Waals surface area contributed by atoms with E-state index in [0.717, 1.165) is 0 Å². The third kappa shape index (κ3) is 3.71. The van der Waals surface area contributed by atoms with Crippen molar-refractivity contribution in [3.63, 3.8) is 0 Å². The van der Waals surface area contributed by atoms with Gasteiger partial charge in [0.2, 0.25) is 11.9 Å². The van der Waals surface area contributed by atoms with Gasteiger partial charge in [0.1, 0.15) is 0 Å². The van der Waals surface area contributed by atoms with Gasteiger partial charge in [-0.1, -0.05) is 19.3 Å². The maximum atomic E-state index is 5.61. The van der Waals surface area contributed by atoms with E-state index in [1.54, 1.807) is 7.05 Å². The highest BCUT2D eigenvalue weighted by atomic mass is 16.5. The molecule has 0 aromatic carbocycles. The van der Waals surface area contributed by atoms with Gasteiger partial charge in [0.15, 0.2) is 0 Å². The van der Waals surface area contributed by atoms with Gasteiger partial charge >= 0.3 is 6.01 Å². The predicted molar refractivity (Wildman–Crippen MR) is 80.4 cm³/mol. The first-order valence-electron chi connectivity index (χ1n) is 7.43. The minimum atomic E-state index is 0.0509. The second-order valence-electron chi connectivity index (χ2n) is 5.56. The molecule has 0 unspecified atom stereocenters. The van der Waals surface area contributed by atoms with Gasteiger partial charge in [-0.15, -0.1) is 0 Å². The van der Waals surface area contributed by atoms with Crippen molar-refractivity contribution >= 4 is 11.9 Å². The smallest absolute Gasteiger partial charge is 0.323 e. The van der Waals surface area contributed by atoms with Crippen LogP contribution >= 0.6 is 0 Å². The standard InChI is InChI=1S/C14H25N5O/c1-10(2)20-14-17-12(15-3)16-13(18-14)19(4)11-8-6-5-7-9-11/h10-11H,5-9H2,1-4H3,(H,15,16,17,18). The lowest BCUT2D eigenvalue weighted by atomic mass is 9.95. The highest BCUT2D eigenvalue weighted by molar-refractivity contribution is 5.38. The number of anilines is 2. The summed E-state index contributed by atoms with van der Waals surface area (Å²) in [5.41, 5.74) is 0. The molecule has 1 N–H and O–H groups in total. The molecule has 6 heteroatoms. The van der Waals surface area contributed by atoms with E-state index in [2.05, 4.69) is 32.2 Å². The van der Waals surface area contributed by atoms with Gasteiger partial charge in [0.25, 0.3) is 0 Å². The number of ether oxygens (including phenoxy) is 1. The Balaban J connectivity index is 2.20. The quantitative estimate of drug-likeness (QED) is 0.893. The molecule has 1 aliphatic rings. The lowest BCUT2D eigenvalue weighted by molar-refractivity contribution is 0.222. The van der Waals surface area contributed by atoms with Crippen LogP contribution in [-0.4, -0.2) is 41.2 Å². The summed E-state index contributed by atoms with van der Waals surface area (Å²) in [6.07, 6.45) is 6.37. The minimum absolute atomic E-state index is 0.0509. The molecule has 0 atom stereocenters. The molecule has 112 valence electrons. The van der Waals surface area contributed by atoms with Crippen LogP contribution in [0, 0.1) is 0 Å². The normalized spacial score (nSPS) is 16.2. The monoisotopic (exact) mass is 279 g/mol. The van der Waals surface area contributed by atoms with Crippen molar-refractivity contribution < 1.29 is 4.74 Å². The Labute approximate surface area is 121 Å². The first-order valence-corrected chi connectivity index (χ1v) is 7.43. The van der Waals surface area contributed by atoms with Crippen molar-refractivity contribution in [1.82, 2.24) is 15.0 Å². The van der Waals surface area contributed by atoms with Crippen LogP contribution in [-0.2, 0) is 0 Å². The van der Waals surface area contributed by atoms with Gasteiger partial charge in [-0.2, -0.15) is 15.0 Å². The second-order valence-corrected chi connectivity index (χ2v) is 5.56. The molecule has 1 heterocycles. The van der Waals surface area contributed by atoms with Gasteiger partial charge < -0.3 is 15.0 Å². The molecule has 6 nitrogen and oxygen atoms in total. The molecule has 0 amide bonds. The van der Waals surface area contributed by atoms with E-state index < -0.39 is 0 Å². The zero-order chi connectivity index (χ0) is 14.5. The largest absolute Gasteiger partial charge is 0.461 e. The van der Waals surface area contributed by atoms with Crippen molar-refractivity contribution in [3.8, 4) is 6.01 Å². The Morgan fingerprint density at radius 3 is 2.45 bits per heavy atom. The summed E-state index contributed by atoms with van der Waals surface area (Å²) in [6.45, 7) is 3.93. The Bertz CT molecular complexity index is 432. The summed E-state index contributed by atoms with van der Waals surface area (Å²) < 4.78 is 5.61. The van der Waals surface area contributed by atoms with Gasteiger partial charge in [0.05, 0.1) is 6.10 Å². The first-order chi connectivity index (χ1) is 9.60. The molecular weight excluding hydrogens is 254 g/mol. The third-order valence-electron chi connectivity index (χ3n) is 3.61. The van der Waals surface area contributed by atoms with Crippen LogP contribution < -0.4 is 15.0 Å². The minimum Gasteiger partial charge on any atom is -0.461 e.